The van der Waals surface area contributed by atoms with Crippen LogP contribution in [-0.2, 0) is 10.0 Å². The first kappa shape index (κ1) is 16.0. The minimum atomic E-state index is -3.58. The van der Waals surface area contributed by atoms with Crippen molar-refractivity contribution in [3.63, 3.8) is 0 Å². The quantitative estimate of drug-likeness (QED) is 0.899. The Labute approximate surface area is 126 Å². The van der Waals surface area contributed by atoms with E-state index in [1.54, 1.807) is 18.2 Å². The summed E-state index contributed by atoms with van der Waals surface area (Å²) in [6, 6.07) is 8.28. The first-order valence-corrected chi connectivity index (χ1v) is 8.64. The fourth-order valence-corrected chi connectivity index (χ4v) is 4.31. The van der Waals surface area contributed by atoms with E-state index in [-0.39, 0.29) is 17.0 Å². The topological polar surface area (TPSA) is 73.2 Å². The van der Waals surface area contributed by atoms with E-state index in [0.717, 1.165) is 19.4 Å². The number of sulfonamides is 1. The SMILES string of the molecule is CC(C)N(CC1CCCN1)S(=O)(=O)c1cccc(C#N)c1. The van der Waals surface area contributed by atoms with Crippen LogP contribution in [0.15, 0.2) is 29.2 Å². The molecule has 1 aromatic rings. The van der Waals surface area contributed by atoms with Gasteiger partial charge in [0, 0.05) is 18.6 Å². The second kappa shape index (κ2) is 6.56. The van der Waals surface area contributed by atoms with Crippen molar-refractivity contribution in [2.75, 3.05) is 13.1 Å². The molecule has 1 saturated heterocycles. The number of nitrogens with zero attached hydrogens (tertiary/aromatic N) is 2. The van der Waals surface area contributed by atoms with E-state index in [2.05, 4.69) is 5.32 Å². The van der Waals surface area contributed by atoms with Gasteiger partial charge in [0.2, 0.25) is 10.0 Å². The second-order valence-corrected chi connectivity index (χ2v) is 7.49. The minimum absolute atomic E-state index is 0.122. The zero-order valence-electron chi connectivity index (χ0n) is 12.4. The zero-order valence-corrected chi connectivity index (χ0v) is 13.2. The Morgan fingerprint density at radius 1 is 1.48 bits per heavy atom. The van der Waals surface area contributed by atoms with E-state index in [0.29, 0.717) is 12.1 Å². The molecule has 1 aromatic carbocycles. The summed E-state index contributed by atoms with van der Waals surface area (Å²) in [5, 5.41) is 12.3. The van der Waals surface area contributed by atoms with Crippen LogP contribution in [0.25, 0.3) is 0 Å². The Balaban J connectivity index is 2.30. The van der Waals surface area contributed by atoms with Crippen molar-refractivity contribution >= 4 is 10.0 Å². The highest BCUT2D eigenvalue weighted by atomic mass is 32.2. The van der Waals surface area contributed by atoms with Crippen molar-refractivity contribution in [3.8, 4) is 6.07 Å². The van der Waals surface area contributed by atoms with E-state index in [4.69, 9.17) is 5.26 Å². The van der Waals surface area contributed by atoms with Gasteiger partial charge in [-0.05, 0) is 51.4 Å². The maximum atomic E-state index is 12.8. The lowest BCUT2D eigenvalue weighted by Crippen LogP contribution is -2.44. The summed E-state index contributed by atoms with van der Waals surface area (Å²) < 4.78 is 27.2. The third-order valence-corrected chi connectivity index (χ3v) is 5.75. The lowest BCUT2D eigenvalue weighted by Gasteiger charge is -2.28. The molecule has 0 saturated carbocycles. The number of hydrogen-bond donors (Lipinski definition) is 1. The van der Waals surface area contributed by atoms with Crippen molar-refractivity contribution in [2.45, 2.75) is 43.7 Å². The molecule has 6 heteroatoms. The van der Waals surface area contributed by atoms with Crippen LogP contribution in [-0.4, -0.2) is 37.9 Å². The highest BCUT2D eigenvalue weighted by Crippen LogP contribution is 2.21. The molecule has 1 atom stereocenters. The minimum Gasteiger partial charge on any atom is -0.313 e. The predicted molar refractivity (Wildman–Crippen MR) is 81.2 cm³/mol. The summed E-state index contributed by atoms with van der Waals surface area (Å²) in [4.78, 5) is 0.188. The average Bonchev–Trinajstić information content (AvgIpc) is 2.97. The molecular formula is C15H21N3O2S. The van der Waals surface area contributed by atoms with Crippen LogP contribution in [0, 0.1) is 11.3 Å². The Morgan fingerprint density at radius 3 is 2.81 bits per heavy atom. The molecule has 0 amide bonds. The maximum Gasteiger partial charge on any atom is 0.243 e. The number of nitriles is 1. The van der Waals surface area contributed by atoms with Gasteiger partial charge in [-0.15, -0.1) is 0 Å². The summed E-state index contributed by atoms with van der Waals surface area (Å²) in [6.45, 7) is 5.17. The smallest absolute Gasteiger partial charge is 0.243 e. The van der Waals surface area contributed by atoms with E-state index in [9.17, 15) is 8.42 Å². The molecule has 0 aliphatic carbocycles. The Hall–Kier alpha value is -1.42. The second-order valence-electron chi connectivity index (χ2n) is 5.60. The lowest BCUT2D eigenvalue weighted by molar-refractivity contribution is 0.322. The molecular weight excluding hydrogens is 286 g/mol. The molecule has 0 spiro atoms. The van der Waals surface area contributed by atoms with Crippen LogP contribution < -0.4 is 5.32 Å². The van der Waals surface area contributed by atoms with Gasteiger partial charge in [-0.25, -0.2) is 8.42 Å². The molecule has 114 valence electrons. The normalized spacial score (nSPS) is 19.1. The van der Waals surface area contributed by atoms with Crippen LogP contribution >= 0.6 is 0 Å². The van der Waals surface area contributed by atoms with Gasteiger partial charge in [0.1, 0.15) is 0 Å². The molecule has 1 unspecified atom stereocenters. The highest BCUT2D eigenvalue weighted by Gasteiger charge is 2.30. The Kier molecular flexibility index (Phi) is 4.99. The molecule has 5 nitrogen and oxygen atoms in total. The fourth-order valence-electron chi connectivity index (χ4n) is 2.58. The van der Waals surface area contributed by atoms with Crippen molar-refractivity contribution in [1.82, 2.24) is 9.62 Å². The van der Waals surface area contributed by atoms with Crippen LogP contribution in [0.4, 0.5) is 0 Å². The van der Waals surface area contributed by atoms with Gasteiger partial charge >= 0.3 is 0 Å². The summed E-state index contributed by atoms with van der Waals surface area (Å²) in [6.07, 6.45) is 2.08. The van der Waals surface area contributed by atoms with Crippen LogP contribution in [0.5, 0.6) is 0 Å². The van der Waals surface area contributed by atoms with E-state index < -0.39 is 10.0 Å². The summed E-state index contributed by atoms with van der Waals surface area (Å²) in [5.74, 6) is 0. The fraction of sp³-hybridized carbons (Fsp3) is 0.533. The third-order valence-electron chi connectivity index (χ3n) is 3.71. The molecule has 1 N–H and O–H groups in total. The maximum absolute atomic E-state index is 12.8. The molecule has 1 aliphatic rings. The number of hydrogen-bond acceptors (Lipinski definition) is 4. The van der Waals surface area contributed by atoms with Crippen molar-refractivity contribution in [2.24, 2.45) is 0 Å². The van der Waals surface area contributed by atoms with E-state index >= 15 is 0 Å². The molecule has 1 aliphatic heterocycles. The number of rotatable bonds is 5. The summed E-state index contributed by atoms with van der Waals surface area (Å²) in [7, 11) is -3.58. The van der Waals surface area contributed by atoms with Gasteiger partial charge < -0.3 is 5.32 Å². The van der Waals surface area contributed by atoms with Gasteiger partial charge in [-0.2, -0.15) is 9.57 Å². The average molecular weight is 307 g/mol. The van der Waals surface area contributed by atoms with Gasteiger partial charge in [-0.3, -0.25) is 0 Å². The van der Waals surface area contributed by atoms with Gasteiger partial charge in [0.05, 0.1) is 16.5 Å². The third kappa shape index (κ3) is 3.62. The zero-order chi connectivity index (χ0) is 15.5. The van der Waals surface area contributed by atoms with Gasteiger partial charge in [0.15, 0.2) is 0 Å². The molecule has 0 radical (unpaired) electrons. The van der Waals surface area contributed by atoms with Crippen molar-refractivity contribution in [1.29, 1.82) is 5.26 Å². The first-order chi connectivity index (χ1) is 9.95. The standard InChI is InChI=1S/C15H21N3O2S/c1-12(2)18(11-14-6-4-8-17-14)21(19,20)15-7-3-5-13(9-15)10-16/h3,5,7,9,12,14,17H,4,6,8,11H2,1-2H3. The predicted octanol–water partition coefficient (Wildman–Crippen LogP) is 1.71. The van der Waals surface area contributed by atoms with Gasteiger partial charge in [0.25, 0.3) is 0 Å². The first-order valence-electron chi connectivity index (χ1n) is 7.20. The van der Waals surface area contributed by atoms with E-state index in [1.807, 2.05) is 19.9 Å². The van der Waals surface area contributed by atoms with E-state index in [1.165, 1.54) is 10.4 Å². The molecule has 1 heterocycles. The largest absolute Gasteiger partial charge is 0.313 e. The molecule has 2 rings (SSSR count). The van der Waals surface area contributed by atoms with Crippen LogP contribution in [0.3, 0.4) is 0 Å². The van der Waals surface area contributed by atoms with Crippen molar-refractivity contribution in [3.05, 3.63) is 29.8 Å². The number of benzene rings is 1. The summed E-state index contributed by atoms with van der Waals surface area (Å²) >= 11 is 0. The monoisotopic (exact) mass is 307 g/mol. The number of nitrogens with one attached hydrogen (secondary N) is 1. The van der Waals surface area contributed by atoms with Gasteiger partial charge in [-0.1, -0.05) is 6.07 Å². The molecule has 0 aromatic heterocycles. The van der Waals surface area contributed by atoms with Crippen LogP contribution in [0.1, 0.15) is 32.3 Å². The Morgan fingerprint density at radius 2 is 2.24 bits per heavy atom. The highest BCUT2D eigenvalue weighted by molar-refractivity contribution is 7.89. The summed E-state index contributed by atoms with van der Waals surface area (Å²) in [5.41, 5.74) is 0.360. The molecule has 1 fully saturated rings. The Bertz CT molecular complexity index is 629. The molecule has 0 bridgehead atoms. The lowest BCUT2D eigenvalue weighted by atomic mass is 10.2. The molecule has 21 heavy (non-hydrogen) atoms. The van der Waals surface area contributed by atoms with Crippen molar-refractivity contribution < 1.29 is 8.42 Å². The van der Waals surface area contributed by atoms with Crippen LogP contribution in [0.2, 0.25) is 0 Å².